The average molecular weight is 448 g/mol. The molecule has 10 heteroatoms. The van der Waals surface area contributed by atoms with E-state index in [0.717, 1.165) is 10.1 Å². The molecule has 0 bridgehead atoms. The minimum absolute atomic E-state index is 0.287. The van der Waals surface area contributed by atoms with Gasteiger partial charge >= 0.3 is 5.69 Å². The normalized spacial score (nSPS) is 11.3. The number of fused-ring (bicyclic) bond motifs is 1. The Bertz CT molecular complexity index is 1340. The molecule has 7 nitrogen and oxygen atoms in total. The molecule has 0 N–H and O–H groups in total. The van der Waals surface area contributed by atoms with Gasteiger partial charge in [0, 0.05) is 30.3 Å². The standard InChI is InChI=1S/C19H15Cl2N5O2S/c1-24-16-15(17(27)25(2)19(24)28)26(10-11-6-7-12(20)9-13(11)21)18(23-16)29-14-5-3-4-8-22-14/h3-9H,10H2,1-2H3. The van der Waals surface area contributed by atoms with E-state index in [4.69, 9.17) is 23.2 Å². The molecule has 29 heavy (non-hydrogen) atoms. The highest BCUT2D eigenvalue weighted by molar-refractivity contribution is 7.99. The third kappa shape index (κ3) is 3.59. The van der Waals surface area contributed by atoms with E-state index in [0.29, 0.717) is 31.4 Å². The van der Waals surface area contributed by atoms with Crippen LogP contribution >= 0.6 is 35.0 Å². The molecule has 0 atom stereocenters. The number of aryl methyl sites for hydroxylation is 1. The molecule has 1 aromatic carbocycles. The highest BCUT2D eigenvalue weighted by Crippen LogP contribution is 2.30. The number of hydrogen-bond donors (Lipinski definition) is 0. The van der Waals surface area contributed by atoms with Crippen molar-refractivity contribution in [1.29, 1.82) is 0 Å². The topological polar surface area (TPSA) is 74.7 Å². The SMILES string of the molecule is Cn1c(=O)c2c(nc(Sc3ccccn3)n2Cc2ccc(Cl)cc2Cl)n(C)c1=O. The van der Waals surface area contributed by atoms with Gasteiger partial charge in [-0.1, -0.05) is 35.3 Å². The summed E-state index contributed by atoms with van der Waals surface area (Å²) in [5.74, 6) is 0. The van der Waals surface area contributed by atoms with Crippen molar-refractivity contribution in [3.63, 3.8) is 0 Å². The van der Waals surface area contributed by atoms with Crippen LogP contribution in [0.2, 0.25) is 10.0 Å². The number of imidazole rings is 1. The fraction of sp³-hybridized carbons (Fsp3) is 0.158. The van der Waals surface area contributed by atoms with Crippen LogP contribution in [0, 0.1) is 0 Å². The van der Waals surface area contributed by atoms with Crippen molar-refractivity contribution >= 4 is 46.1 Å². The summed E-state index contributed by atoms with van der Waals surface area (Å²) in [4.78, 5) is 34.2. The minimum Gasteiger partial charge on any atom is -0.308 e. The van der Waals surface area contributed by atoms with E-state index in [-0.39, 0.29) is 6.54 Å². The molecule has 148 valence electrons. The lowest BCUT2D eigenvalue weighted by molar-refractivity contribution is 0.696. The molecule has 4 rings (SSSR count). The van der Waals surface area contributed by atoms with Crippen molar-refractivity contribution in [2.45, 2.75) is 16.7 Å². The van der Waals surface area contributed by atoms with E-state index in [1.165, 1.54) is 23.4 Å². The first-order valence-electron chi connectivity index (χ1n) is 8.56. The highest BCUT2D eigenvalue weighted by atomic mass is 35.5. The van der Waals surface area contributed by atoms with Gasteiger partial charge in [0.05, 0.1) is 6.54 Å². The predicted octanol–water partition coefficient (Wildman–Crippen LogP) is 3.34. The lowest BCUT2D eigenvalue weighted by atomic mass is 10.2. The van der Waals surface area contributed by atoms with Crippen LogP contribution in [0.5, 0.6) is 0 Å². The molecule has 3 heterocycles. The summed E-state index contributed by atoms with van der Waals surface area (Å²) in [5.41, 5.74) is 0.537. The van der Waals surface area contributed by atoms with Gasteiger partial charge in [-0.3, -0.25) is 13.9 Å². The summed E-state index contributed by atoms with van der Waals surface area (Å²) in [6.45, 7) is 0.287. The zero-order chi connectivity index (χ0) is 20.7. The van der Waals surface area contributed by atoms with E-state index >= 15 is 0 Å². The molecule has 0 aliphatic rings. The van der Waals surface area contributed by atoms with Crippen molar-refractivity contribution in [3.05, 3.63) is 79.0 Å². The molecule has 0 aliphatic heterocycles. The maximum atomic E-state index is 12.9. The summed E-state index contributed by atoms with van der Waals surface area (Å²) in [5, 5.41) is 2.25. The second-order valence-corrected chi connectivity index (χ2v) is 8.20. The summed E-state index contributed by atoms with van der Waals surface area (Å²) < 4.78 is 4.18. The zero-order valence-electron chi connectivity index (χ0n) is 15.5. The van der Waals surface area contributed by atoms with Crippen LogP contribution in [-0.2, 0) is 20.6 Å². The Morgan fingerprint density at radius 1 is 1.07 bits per heavy atom. The van der Waals surface area contributed by atoms with Crippen molar-refractivity contribution < 1.29 is 0 Å². The summed E-state index contributed by atoms with van der Waals surface area (Å²) in [6, 6.07) is 10.7. The molecule has 0 spiro atoms. The van der Waals surface area contributed by atoms with Gasteiger partial charge in [-0.2, -0.15) is 0 Å². The summed E-state index contributed by atoms with van der Waals surface area (Å²) >= 11 is 13.7. The molecule has 0 fully saturated rings. The third-order valence-electron chi connectivity index (χ3n) is 4.49. The van der Waals surface area contributed by atoms with Gasteiger partial charge in [-0.15, -0.1) is 0 Å². The van der Waals surface area contributed by atoms with Crippen LogP contribution in [0.3, 0.4) is 0 Å². The quantitative estimate of drug-likeness (QED) is 0.479. The lowest BCUT2D eigenvalue weighted by Gasteiger charge is -2.11. The van der Waals surface area contributed by atoms with Crippen LogP contribution < -0.4 is 11.2 Å². The molecule has 3 aromatic heterocycles. The Kier molecular flexibility index (Phi) is 5.24. The van der Waals surface area contributed by atoms with E-state index in [1.54, 1.807) is 36.0 Å². The molecule has 0 radical (unpaired) electrons. The summed E-state index contributed by atoms with van der Waals surface area (Å²) in [6.07, 6.45) is 1.68. The fourth-order valence-electron chi connectivity index (χ4n) is 2.97. The van der Waals surface area contributed by atoms with Gasteiger partial charge in [0.25, 0.3) is 5.56 Å². The third-order valence-corrected chi connectivity index (χ3v) is 6.02. The maximum Gasteiger partial charge on any atom is 0.332 e. The number of aromatic nitrogens is 5. The van der Waals surface area contributed by atoms with Crippen LogP contribution in [0.1, 0.15) is 5.56 Å². The molecule has 0 saturated carbocycles. The second-order valence-electron chi connectivity index (χ2n) is 6.36. The Balaban J connectivity index is 1.97. The lowest BCUT2D eigenvalue weighted by Crippen LogP contribution is -2.37. The van der Waals surface area contributed by atoms with Crippen molar-refractivity contribution in [3.8, 4) is 0 Å². The molecule has 0 unspecified atom stereocenters. The number of nitrogens with zero attached hydrogens (tertiary/aromatic N) is 5. The Morgan fingerprint density at radius 3 is 2.55 bits per heavy atom. The Morgan fingerprint density at radius 2 is 1.86 bits per heavy atom. The van der Waals surface area contributed by atoms with Crippen LogP contribution in [0.4, 0.5) is 0 Å². The minimum atomic E-state index is -0.439. The van der Waals surface area contributed by atoms with E-state index < -0.39 is 11.2 Å². The van der Waals surface area contributed by atoms with Crippen LogP contribution in [0.25, 0.3) is 11.2 Å². The van der Waals surface area contributed by atoms with Gasteiger partial charge in [0.2, 0.25) is 0 Å². The van der Waals surface area contributed by atoms with E-state index in [2.05, 4.69) is 9.97 Å². The average Bonchev–Trinajstić information content (AvgIpc) is 3.05. The first kappa shape index (κ1) is 19.8. The predicted molar refractivity (Wildman–Crippen MR) is 114 cm³/mol. The first-order valence-corrected chi connectivity index (χ1v) is 10.1. The number of pyridine rings is 1. The van der Waals surface area contributed by atoms with Crippen molar-refractivity contribution in [2.24, 2.45) is 14.1 Å². The molecule has 0 aliphatic carbocycles. The number of hydrogen-bond acceptors (Lipinski definition) is 5. The molecular formula is C19H15Cl2N5O2S. The van der Waals surface area contributed by atoms with Gasteiger partial charge in [-0.25, -0.2) is 14.8 Å². The zero-order valence-corrected chi connectivity index (χ0v) is 17.8. The number of benzene rings is 1. The smallest absolute Gasteiger partial charge is 0.308 e. The van der Waals surface area contributed by atoms with Crippen LogP contribution in [0.15, 0.2) is 62.4 Å². The summed E-state index contributed by atoms with van der Waals surface area (Å²) in [7, 11) is 3.04. The van der Waals surface area contributed by atoms with Gasteiger partial charge in [0.1, 0.15) is 5.03 Å². The largest absolute Gasteiger partial charge is 0.332 e. The molecular weight excluding hydrogens is 433 g/mol. The second kappa shape index (κ2) is 7.70. The van der Waals surface area contributed by atoms with Gasteiger partial charge < -0.3 is 4.57 Å². The number of halogens is 2. The first-order chi connectivity index (χ1) is 13.9. The Labute approximate surface area is 179 Å². The van der Waals surface area contributed by atoms with Crippen molar-refractivity contribution in [1.82, 2.24) is 23.7 Å². The molecule has 0 saturated heterocycles. The monoisotopic (exact) mass is 447 g/mol. The molecule has 4 aromatic rings. The Hall–Kier alpha value is -2.55. The highest BCUT2D eigenvalue weighted by Gasteiger charge is 2.21. The van der Waals surface area contributed by atoms with Crippen molar-refractivity contribution in [2.75, 3.05) is 0 Å². The fourth-order valence-corrected chi connectivity index (χ4v) is 4.29. The van der Waals surface area contributed by atoms with Gasteiger partial charge in [0.15, 0.2) is 16.3 Å². The van der Waals surface area contributed by atoms with Crippen LogP contribution in [-0.4, -0.2) is 23.7 Å². The molecule has 0 amide bonds. The van der Waals surface area contributed by atoms with E-state index in [1.807, 2.05) is 18.2 Å². The maximum absolute atomic E-state index is 12.9. The number of rotatable bonds is 4. The van der Waals surface area contributed by atoms with Gasteiger partial charge in [-0.05, 0) is 41.6 Å². The van der Waals surface area contributed by atoms with E-state index in [9.17, 15) is 9.59 Å².